The van der Waals surface area contributed by atoms with Crippen molar-refractivity contribution in [3.63, 3.8) is 0 Å². The van der Waals surface area contributed by atoms with E-state index in [-0.39, 0.29) is 6.42 Å². The number of carbonyl (C=O) groups is 1. The maximum absolute atomic E-state index is 10.7. The van der Waals surface area contributed by atoms with E-state index in [0.717, 1.165) is 28.7 Å². The van der Waals surface area contributed by atoms with Crippen LogP contribution < -0.4 is 4.74 Å². The van der Waals surface area contributed by atoms with E-state index in [1.807, 2.05) is 38.1 Å². The van der Waals surface area contributed by atoms with Crippen molar-refractivity contribution < 1.29 is 19.1 Å². The molecule has 6 heteroatoms. The average molecular weight is 390 g/mol. The quantitative estimate of drug-likeness (QED) is 0.582. The van der Waals surface area contributed by atoms with Gasteiger partial charge in [-0.2, -0.15) is 5.26 Å². The summed E-state index contributed by atoms with van der Waals surface area (Å²) in [6, 6.07) is 13.2. The molecule has 1 heterocycles. The first-order chi connectivity index (χ1) is 14.0. The summed E-state index contributed by atoms with van der Waals surface area (Å²) in [6.45, 7) is 4.51. The molecule has 1 aromatic heterocycles. The van der Waals surface area contributed by atoms with E-state index in [1.54, 1.807) is 18.3 Å². The van der Waals surface area contributed by atoms with Crippen molar-refractivity contribution in [1.29, 1.82) is 5.26 Å². The molecule has 2 aromatic carbocycles. The summed E-state index contributed by atoms with van der Waals surface area (Å²) in [5.74, 6) is 0.789. The Hall–Kier alpha value is -3.59. The highest BCUT2D eigenvalue weighted by Gasteiger charge is 2.13. The maximum Gasteiger partial charge on any atom is 0.303 e. The molecule has 0 unspecified atom stereocenters. The van der Waals surface area contributed by atoms with Crippen LogP contribution in [0.3, 0.4) is 0 Å². The van der Waals surface area contributed by atoms with Crippen LogP contribution in [0.2, 0.25) is 0 Å². The van der Waals surface area contributed by atoms with E-state index in [1.165, 1.54) is 0 Å². The molecule has 3 aromatic rings. The second-order valence-corrected chi connectivity index (χ2v) is 6.74. The summed E-state index contributed by atoms with van der Waals surface area (Å²) >= 11 is 0. The molecule has 0 aliphatic rings. The molecule has 3 rings (SSSR count). The van der Waals surface area contributed by atoms with Crippen molar-refractivity contribution in [3.05, 3.63) is 59.3 Å². The predicted octanol–water partition coefficient (Wildman–Crippen LogP) is 4.99. The summed E-state index contributed by atoms with van der Waals surface area (Å²) in [4.78, 5) is 15.1. The van der Waals surface area contributed by atoms with E-state index in [0.29, 0.717) is 36.0 Å². The molecule has 29 heavy (non-hydrogen) atoms. The van der Waals surface area contributed by atoms with Gasteiger partial charge in [-0.3, -0.25) is 4.79 Å². The smallest absolute Gasteiger partial charge is 0.303 e. The third-order valence-corrected chi connectivity index (χ3v) is 4.50. The van der Waals surface area contributed by atoms with Gasteiger partial charge in [-0.15, -0.1) is 0 Å². The molecule has 0 amide bonds. The fourth-order valence-corrected chi connectivity index (χ4v) is 3.01. The molecule has 1 N–H and O–H groups in total. The van der Waals surface area contributed by atoms with Gasteiger partial charge in [-0.05, 0) is 55.2 Å². The predicted molar refractivity (Wildman–Crippen MR) is 109 cm³/mol. The van der Waals surface area contributed by atoms with Gasteiger partial charge >= 0.3 is 5.97 Å². The molecular formula is C23H22N2O4. The van der Waals surface area contributed by atoms with Gasteiger partial charge in [-0.1, -0.05) is 19.1 Å². The highest BCUT2D eigenvalue weighted by atomic mass is 16.5. The van der Waals surface area contributed by atoms with Crippen LogP contribution in [0.1, 0.15) is 36.5 Å². The molecule has 0 saturated heterocycles. The molecule has 0 fully saturated rings. The Labute approximate surface area is 169 Å². The lowest BCUT2D eigenvalue weighted by Crippen LogP contribution is -1.98. The minimum Gasteiger partial charge on any atom is -0.492 e. The first kappa shape index (κ1) is 20.2. The number of benzene rings is 2. The second-order valence-electron chi connectivity index (χ2n) is 6.74. The van der Waals surface area contributed by atoms with E-state index in [9.17, 15) is 10.1 Å². The molecular weight excluding hydrogens is 368 g/mol. The van der Waals surface area contributed by atoms with Crippen LogP contribution in [-0.2, 0) is 11.2 Å². The number of nitrogens with zero attached hydrogens (tertiary/aromatic N) is 2. The zero-order valence-electron chi connectivity index (χ0n) is 16.4. The lowest BCUT2D eigenvalue weighted by molar-refractivity contribution is -0.136. The number of oxazole rings is 1. The molecule has 0 radical (unpaired) electrons. The van der Waals surface area contributed by atoms with Crippen molar-refractivity contribution >= 4 is 5.97 Å². The summed E-state index contributed by atoms with van der Waals surface area (Å²) in [7, 11) is 0. The van der Waals surface area contributed by atoms with Crippen LogP contribution in [0.4, 0.5) is 0 Å². The number of aromatic nitrogens is 1. The van der Waals surface area contributed by atoms with Gasteiger partial charge in [0.2, 0.25) is 5.89 Å². The van der Waals surface area contributed by atoms with Gasteiger partial charge < -0.3 is 14.3 Å². The summed E-state index contributed by atoms with van der Waals surface area (Å²) < 4.78 is 11.5. The van der Waals surface area contributed by atoms with Crippen molar-refractivity contribution in [1.82, 2.24) is 4.98 Å². The highest BCUT2D eigenvalue weighted by Crippen LogP contribution is 2.31. The van der Waals surface area contributed by atoms with Gasteiger partial charge in [0.05, 0.1) is 18.4 Å². The zero-order valence-corrected chi connectivity index (χ0v) is 16.4. The number of hydrogen-bond donors (Lipinski definition) is 1. The Bertz CT molecular complexity index is 1060. The molecule has 0 atom stereocenters. The van der Waals surface area contributed by atoms with E-state index in [2.05, 4.69) is 11.1 Å². The third kappa shape index (κ3) is 4.82. The Kier molecular flexibility index (Phi) is 6.30. The van der Waals surface area contributed by atoms with Crippen LogP contribution in [0.5, 0.6) is 5.75 Å². The topological polar surface area (TPSA) is 96.3 Å². The Morgan fingerprint density at radius 1 is 1.28 bits per heavy atom. The molecule has 0 bridgehead atoms. The molecule has 0 aliphatic heterocycles. The number of carboxylic acid groups (broad SMARTS) is 1. The van der Waals surface area contributed by atoms with Crippen molar-refractivity contribution in [2.24, 2.45) is 0 Å². The van der Waals surface area contributed by atoms with Gasteiger partial charge in [-0.25, -0.2) is 4.98 Å². The lowest BCUT2D eigenvalue weighted by atomic mass is 10.0. The fourth-order valence-electron chi connectivity index (χ4n) is 3.01. The standard InChI is InChI=1S/C23H22N2O4/c1-3-10-28-20-8-6-17(12-18(20)13-24)21-14-25-23(29-21)19-7-4-16(11-15(19)2)5-9-22(26)27/h4,6-8,11-12,14H,3,5,9-10H2,1-2H3,(H,26,27). The largest absolute Gasteiger partial charge is 0.492 e. The second kappa shape index (κ2) is 9.07. The van der Waals surface area contributed by atoms with Crippen LogP contribution in [0, 0.1) is 18.3 Å². The van der Waals surface area contributed by atoms with E-state index < -0.39 is 5.97 Å². The fraction of sp³-hybridized carbons (Fsp3) is 0.261. The first-order valence-corrected chi connectivity index (χ1v) is 9.46. The molecule has 6 nitrogen and oxygen atoms in total. The van der Waals surface area contributed by atoms with Crippen LogP contribution in [-0.4, -0.2) is 22.7 Å². The summed E-state index contributed by atoms with van der Waals surface area (Å²) in [5, 5.41) is 18.2. The number of ether oxygens (including phenoxy) is 1. The van der Waals surface area contributed by atoms with Crippen LogP contribution in [0.15, 0.2) is 47.0 Å². The maximum atomic E-state index is 10.7. The number of rotatable bonds is 8. The molecule has 0 saturated carbocycles. The Balaban J connectivity index is 1.84. The van der Waals surface area contributed by atoms with Crippen LogP contribution in [0.25, 0.3) is 22.8 Å². The lowest BCUT2D eigenvalue weighted by Gasteiger charge is -2.07. The molecule has 0 spiro atoms. The number of aryl methyl sites for hydroxylation is 2. The summed E-state index contributed by atoms with van der Waals surface area (Å²) in [5.41, 5.74) is 3.97. The highest BCUT2D eigenvalue weighted by molar-refractivity contribution is 5.68. The number of nitriles is 1. The minimum absolute atomic E-state index is 0.0983. The Morgan fingerprint density at radius 2 is 2.10 bits per heavy atom. The van der Waals surface area contributed by atoms with Gasteiger partial charge in [0.25, 0.3) is 0 Å². The van der Waals surface area contributed by atoms with Gasteiger partial charge in [0, 0.05) is 17.5 Å². The first-order valence-electron chi connectivity index (χ1n) is 9.46. The van der Waals surface area contributed by atoms with E-state index >= 15 is 0 Å². The van der Waals surface area contributed by atoms with Crippen molar-refractivity contribution in [3.8, 4) is 34.6 Å². The average Bonchev–Trinajstić information content (AvgIpc) is 3.20. The number of carboxylic acids is 1. The zero-order chi connectivity index (χ0) is 20.8. The van der Waals surface area contributed by atoms with Gasteiger partial charge in [0.1, 0.15) is 11.8 Å². The summed E-state index contributed by atoms with van der Waals surface area (Å²) in [6.07, 6.45) is 3.08. The Morgan fingerprint density at radius 3 is 2.79 bits per heavy atom. The molecule has 148 valence electrons. The third-order valence-electron chi connectivity index (χ3n) is 4.50. The number of hydrogen-bond acceptors (Lipinski definition) is 5. The van der Waals surface area contributed by atoms with Crippen molar-refractivity contribution in [2.45, 2.75) is 33.1 Å². The number of aliphatic carboxylic acids is 1. The normalized spacial score (nSPS) is 10.5. The van der Waals surface area contributed by atoms with Crippen molar-refractivity contribution in [2.75, 3.05) is 6.61 Å². The van der Waals surface area contributed by atoms with Crippen LogP contribution >= 0.6 is 0 Å². The monoisotopic (exact) mass is 390 g/mol. The minimum atomic E-state index is -0.813. The van der Waals surface area contributed by atoms with E-state index in [4.69, 9.17) is 14.3 Å². The molecule has 0 aliphatic carbocycles. The SMILES string of the molecule is CCCOc1ccc(-c2cnc(-c3ccc(CCC(=O)O)cc3C)o2)cc1C#N. The van der Waals surface area contributed by atoms with Gasteiger partial charge in [0.15, 0.2) is 5.76 Å².